The van der Waals surface area contributed by atoms with Crippen LogP contribution in [0.4, 0.5) is 4.39 Å². The van der Waals surface area contributed by atoms with Crippen molar-refractivity contribution in [3.8, 4) is 11.1 Å². The molecular formula is C27H34FN2O5S+. The number of quaternary nitrogens is 1. The van der Waals surface area contributed by atoms with E-state index in [0.717, 1.165) is 42.2 Å². The summed E-state index contributed by atoms with van der Waals surface area (Å²) < 4.78 is 45.3. The van der Waals surface area contributed by atoms with Crippen molar-refractivity contribution in [2.45, 2.75) is 31.6 Å². The minimum absolute atomic E-state index is 0.0468. The number of para-hydroxylation sites is 1. The first-order valence-corrected chi connectivity index (χ1v) is 14.2. The van der Waals surface area contributed by atoms with Crippen LogP contribution in [-0.2, 0) is 20.3 Å². The van der Waals surface area contributed by atoms with Crippen molar-refractivity contribution in [3.05, 3.63) is 59.0 Å². The van der Waals surface area contributed by atoms with Crippen LogP contribution in [0.25, 0.3) is 22.0 Å². The Kier molecular flexibility index (Phi) is 7.28. The zero-order chi connectivity index (χ0) is 26.3. The highest BCUT2D eigenvalue weighted by Crippen LogP contribution is 2.37. The lowest BCUT2D eigenvalue weighted by Gasteiger charge is -2.37. The molecule has 2 N–H and O–H groups in total. The van der Waals surface area contributed by atoms with Gasteiger partial charge in [0.1, 0.15) is 11.5 Å². The van der Waals surface area contributed by atoms with Crippen LogP contribution in [0.2, 0.25) is 0 Å². The quantitative estimate of drug-likeness (QED) is 0.419. The number of aromatic amines is 1. The van der Waals surface area contributed by atoms with E-state index in [0.29, 0.717) is 34.6 Å². The third-order valence-corrected chi connectivity index (χ3v) is 7.98. The number of sulfone groups is 1. The number of hydrogen-bond donors (Lipinski definition) is 2. The second kappa shape index (κ2) is 9.95. The van der Waals surface area contributed by atoms with Gasteiger partial charge in [-0.1, -0.05) is 30.3 Å². The van der Waals surface area contributed by atoms with Gasteiger partial charge in [-0.3, -0.25) is 0 Å². The highest BCUT2D eigenvalue weighted by molar-refractivity contribution is 7.89. The highest BCUT2D eigenvalue weighted by Gasteiger charge is 2.27. The molecule has 1 aromatic heterocycles. The van der Waals surface area contributed by atoms with Crippen LogP contribution in [0.1, 0.15) is 47.5 Å². The number of halogens is 1. The topological polar surface area (TPSA) is 96.5 Å². The first kappa shape index (κ1) is 26.3. The average molecular weight is 518 g/mol. The Morgan fingerprint density at radius 2 is 1.92 bits per heavy atom. The first-order valence-electron chi connectivity index (χ1n) is 12.1. The van der Waals surface area contributed by atoms with Gasteiger partial charge in [0.2, 0.25) is 0 Å². The smallest absolute Gasteiger partial charge is 0.352 e. The third kappa shape index (κ3) is 5.79. The predicted molar refractivity (Wildman–Crippen MR) is 138 cm³/mol. The van der Waals surface area contributed by atoms with Crippen LogP contribution in [0.15, 0.2) is 36.4 Å². The van der Waals surface area contributed by atoms with Gasteiger partial charge in [0.25, 0.3) is 0 Å². The van der Waals surface area contributed by atoms with E-state index in [2.05, 4.69) is 19.1 Å². The fraction of sp³-hybridized carbons (Fsp3) is 0.444. The Balaban J connectivity index is 1.65. The molecule has 1 atom stereocenters. The second-order valence-corrected chi connectivity index (χ2v) is 12.8. The van der Waals surface area contributed by atoms with Crippen molar-refractivity contribution in [2.75, 3.05) is 40.0 Å². The van der Waals surface area contributed by atoms with Gasteiger partial charge in [-0.25, -0.2) is 17.6 Å². The normalized spacial score (nSPS) is 17.4. The lowest BCUT2D eigenvalue weighted by Crippen LogP contribution is -2.46. The SMILES string of the molecule is CC(OCC1CC[N+](C)(C)CC1)c1cccc2c(-c3ccc(CS(C)(=O)=O)c(F)c3)c(C(=O)O)[nH]c12. The summed E-state index contributed by atoms with van der Waals surface area (Å²) in [5.41, 5.74) is 2.20. The van der Waals surface area contributed by atoms with Crippen molar-refractivity contribution < 1.29 is 31.9 Å². The van der Waals surface area contributed by atoms with Crippen molar-refractivity contribution >= 4 is 26.7 Å². The molecule has 1 fully saturated rings. The van der Waals surface area contributed by atoms with Gasteiger partial charge in [-0.05, 0) is 24.5 Å². The van der Waals surface area contributed by atoms with Crippen molar-refractivity contribution in [3.63, 3.8) is 0 Å². The van der Waals surface area contributed by atoms with Crippen molar-refractivity contribution in [1.82, 2.24) is 4.98 Å². The Hall–Kier alpha value is -2.75. The van der Waals surface area contributed by atoms with E-state index in [-0.39, 0.29) is 17.4 Å². The number of aromatic carboxylic acids is 1. The maximum atomic E-state index is 14.8. The fourth-order valence-corrected chi connectivity index (χ4v) is 5.80. The number of aromatic nitrogens is 1. The standard InChI is InChI=1S/C27H33FN2O5S/c1-17(35-15-18-10-12-30(2,3)13-11-18)21-6-5-7-22-24(26(27(31)32)29-25(21)22)19-8-9-20(23(28)14-19)16-36(4,33)34/h5-9,14,17-18,29H,10-13,15-16H2,1-4H3/p+1. The largest absolute Gasteiger partial charge is 0.477 e. The fourth-order valence-electron chi connectivity index (χ4n) is 5.00. The summed E-state index contributed by atoms with van der Waals surface area (Å²) in [5, 5.41) is 10.6. The maximum absolute atomic E-state index is 14.8. The first-order chi connectivity index (χ1) is 16.8. The number of hydrogen-bond acceptors (Lipinski definition) is 4. The maximum Gasteiger partial charge on any atom is 0.352 e. The number of carbonyl (C=O) groups is 1. The van der Waals surface area contributed by atoms with Crippen molar-refractivity contribution in [1.29, 1.82) is 0 Å². The molecule has 0 saturated carbocycles. The second-order valence-electron chi connectivity index (χ2n) is 10.6. The Morgan fingerprint density at radius 3 is 2.53 bits per heavy atom. The minimum atomic E-state index is -3.41. The molecule has 0 spiro atoms. The number of likely N-dealkylation sites (tertiary alicyclic amines) is 1. The third-order valence-electron chi connectivity index (χ3n) is 7.14. The van der Waals surface area contributed by atoms with Gasteiger partial charge >= 0.3 is 5.97 Å². The summed E-state index contributed by atoms with van der Waals surface area (Å²) in [4.78, 5) is 15.2. The highest BCUT2D eigenvalue weighted by atomic mass is 32.2. The van der Waals surface area contributed by atoms with E-state index in [1.807, 2.05) is 19.1 Å². The average Bonchev–Trinajstić information content (AvgIpc) is 3.19. The van der Waals surface area contributed by atoms with Gasteiger partial charge in [0.05, 0.1) is 51.2 Å². The van der Waals surface area contributed by atoms with E-state index in [9.17, 15) is 22.7 Å². The molecule has 1 aliphatic heterocycles. The number of carboxylic acid groups (broad SMARTS) is 1. The number of H-pyrrole nitrogens is 1. The molecule has 3 aromatic rings. The summed E-state index contributed by atoms with van der Waals surface area (Å²) in [6, 6.07) is 9.72. The van der Waals surface area contributed by atoms with E-state index in [1.54, 1.807) is 12.1 Å². The molecule has 7 nitrogen and oxygen atoms in total. The monoisotopic (exact) mass is 517 g/mol. The summed E-state index contributed by atoms with van der Waals surface area (Å²) in [6.45, 7) is 4.85. The number of carboxylic acids is 1. The van der Waals surface area contributed by atoms with E-state index in [1.165, 1.54) is 12.1 Å². The molecule has 4 rings (SSSR count). The molecule has 1 unspecified atom stereocenters. The molecule has 0 bridgehead atoms. The number of nitrogens with one attached hydrogen (secondary N) is 1. The summed E-state index contributed by atoms with van der Waals surface area (Å²) in [5.74, 6) is -1.77. The Bertz CT molecular complexity index is 1390. The van der Waals surface area contributed by atoms with Gasteiger partial charge < -0.3 is 19.3 Å². The van der Waals surface area contributed by atoms with Gasteiger partial charge in [-0.15, -0.1) is 0 Å². The molecule has 0 radical (unpaired) electrons. The van der Waals surface area contributed by atoms with E-state index < -0.39 is 27.4 Å². The molecule has 9 heteroatoms. The van der Waals surface area contributed by atoms with Crippen LogP contribution in [-0.4, -0.2) is 69.0 Å². The van der Waals surface area contributed by atoms with Crippen LogP contribution in [0.3, 0.4) is 0 Å². The van der Waals surface area contributed by atoms with Gasteiger partial charge in [-0.2, -0.15) is 0 Å². The summed E-state index contributed by atoms with van der Waals surface area (Å²) in [7, 11) is 1.08. The zero-order valence-electron chi connectivity index (χ0n) is 21.2. The van der Waals surface area contributed by atoms with Crippen LogP contribution >= 0.6 is 0 Å². The summed E-state index contributed by atoms with van der Waals surface area (Å²) in [6.07, 6.45) is 3.00. The van der Waals surface area contributed by atoms with Gasteiger partial charge in [0.15, 0.2) is 9.84 Å². The van der Waals surface area contributed by atoms with Crippen LogP contribution in [0.5, 0.6) is 0 Å². The van der Waals surface area contributed by atoms with Crippen molar-refractivity contribution in [2.24, 2.45) is 5.92 Å². The number of fused-ring (bicyclic) bond motifs is 1. The molecule has 1 saturated heterocycles. The molecular weight excluding hydrogens is 483 g/mol. The minimum Gasteiger partial charge on any atom is -0.477 e. The van der Waals surface area contributed by atoms with Gasteiger partial charge in [0, 0.05) is 41.2 Å². The Labute approximate surface area is 211 Å². The molecule has 2 aromatic carbocycles. The zero-order valence-corrected chi connectivity index (χ0v) is 22.0. The molecule has 1 aliphatic rings. The molecule has 0 aliphatic carbocycles. The molecule has 0 amide bonds. The Morgan fingerprint density at radius 1 is 1.22 bits per heavy atom. The van der Waals surface area contributed by atoms with E-state index >= 15 is 0 Å². The van der Waals surface area contributed by atoms with E-state index in [4.69, 9.17) is 4.74 Å². The number of ether oxygens (including phenoxy) is 1. The number of benzene rings is 2. The number of piperidine rings is 1. The number of nitrogens with zero attached hydrogens (tertiary/aromatic N) is 1. The molecule has 2 heterocycles. The number of rotatable bonds is 8. The lowest BCUT2D eigenvalue weighted by molar-refractivity contribution is -0.896. The van der Waals surface area contributed by atoms with Crippen LogP contribution in [0, 0.1) is 11.7 Å². The molecule has 194 valence electrons. The van der Waals surface area contributed by atoms with Crippen LogP contribution < -0.4 is 0 Å². The predicted octanol–water partition coefficient (Wildman–Crippen LogP) is 4.78. The summed E-state index contributed by atoms with van der Waals surface area (Å²) >= 11 is 0. The molecule has 36 heavy (non-hydrogen) atoms. The lowest BCUT2D eigenvalue weighted by atomic mass is 9.96.